The van der Waals surface area contributed by atoms with Crippen molar-refractivity contribution in [3.8, 4) is 11.3 Å². The van der Waals surface area contributed by atoms with Gasteiger partial charge in [-0.3, -0.25) is 4.68 Å². The molecule has 3 aromatic rings. The fraction of sp³-hybridized carbons (Fsp3) is 0.316. The Kier molecular flexibility index (Phi) is 5.88. The zero-order valence-corrected chi connectivity index (χ0v) is 16.1. The molecule has 1 N–H and O–H groups in total. The summed E-state index contributed by atoms with van der Waals surface area (Å²) in [6.07, 6.45) is -3.90. The number of benzene rings is 1. The Morgan fingerprint density at radius 1 is 1.07 bits per heavy atom. The Morgan fingerprint density at radius 2 is 1.79 bits per heavy atom. The summed E-state index contributed by atoms with van der Waals surface area (Å²) in [6.45, 7) is 4.94. The number of hydrogen-bond donors (Lipinski definition) is 1. The predicted octanol–water partition coefficient (Wildman–Crippen LogP) is 5.13. The first-order valence-electron chi connectivity index (χ1n) is 8.69. The number of alkyl halides is 3. The molecular formula is C19H19ClF3N5. The van der Waals surface area contributed by atoms with Crippen LogP contribution in [0, 0.1) is 13.8 Å². The van der Waals surface area contributed by atoms with Crippen LogP contribution in [0.4, 0.5) is 19.1 Å². The fourth-order valence-corrected chi connectivity index (χ4v) is 2.90. The molecule has 148 valence electrons. The summed E-state index contributed by atoms with van der Waals surface area (Å²) >= 11 is 5.85. The molecule has 28 heavy (non-hydrogen) atoms. The molecule has 5 nitrogen and oxygen atoms in total. The highest BCUT2D eigenvalue weighted by Gasteiger charge is 2.33. The number of rotatable bonds is 6. The van der Waals surface area contributed by atoms with Crippen LogP contribution in [-0.2, 0) is 12.7 Å². The normalized spacial score (nSPS) is 11.6. The van der Waals surface area contributed by atoms with Crippen LogP contribution in [0.25, 0.3) is 11.3 Å². The SMILES string of the molecule is Cc1cc(C)n(CCCNc2nc(-c3ccc(Cl)cc3)cc(C(F)(F)F)n2)n1. The monoisotopic (exact) mass is 409 g/mol. The van der Waals surface area contributed by atoms with Crippen LogP contribution in [0.3, 0.4) is 0 Å². The average Bonchev–Trinajstić information content (AvgIpc) is 2.95. The van der Waals surface area contributed by atoms with Gasteiger partial charge in [-0.15, -0.1) is 0 Å². The number of nitrogens with zero attached hydrogens (tertiary/aromatic N) is 4. The van der Waals surface area contributed by atoms with Crippen molar-refractivity contribution in [3.05, 3.63) is 58.5 Å². The number of halogens is 4. The lowest BCUT2D eigenvalue weighted by Crippen LogP contribution is -2.14. The van der Waals surface area contributed by atoms with Crippen LogP contribution in [-0.4, -0.2) is 26.3 Å². The highest BCUT2D eigenvalue weighted by molar-refractivity contribution is 6.30. The molecule has 2 aromatic heterocycles. The van der Waals surface area contributed by atoms with E-state index in [0.29, 0.717) is 30.1 Å². The van der Waals surface area contributed by atoms with Crippen molar-refractivity contribution in [2.24, 2.45) is 0 Å². The van der Waals surface area contributed by atoms with Crippen LogP contribution >= 0.6 is 11.6 Å². The van der Waals surface area contributed by atoms with Crippen molar-refractivity contribution < 1.29 is 13.2 Å². The quantitative estimate of drug-likeness (QED) is 0.573. The van der Waals surface area contributed by atoms with E-state index < -0.39 is 11.9 Å². The maximum atomic E-state index is 13.2. The van der Waals surface area contributed by atoms with Crippen LogP contribution in [0.2, 0.25) is 5.02 Å². The van der Waals surface area contributed by atoms with Gasteiger partial charge in [0.15, 0.2) is 5.69 Å². The molecule has 3 rings (SSSR count). The Hall–Kier alpha value is -2.61. The molecule has 0 unspecified atom stereocenters. The molecule has 2 heterocycles. The van der Waals surface area contributed by atoms with Gasteiger partial charge in [-0.1, -0.05) is 23.7 Å². The minimum atomic E-state index is -4.57. The van der Waals surface area contributed by atoms with E-state index in [-0.39, 0.29) is 11.6 Å². The molecule has 0 amide bonds. The highest BCUT2D eigenvalue weighted by Crippen LogP contribution is 2.31. The van der Waals surface area contributed by atoms with Crippen LogP contribution in [0.1, 0.15) is 23.5 Å². The topological polar surface area (TPSA) is 55.6 Å². The summed E-state index contributed by atoms with van der Waals surface area (Å²) in [4.78, 5) is 7.84. The molecular weight excluding hydrogens is 391 g/mol. The third-order valence-electron chi connectivity index (χ3n) is 4.09. The number of nitrogens with one attached hydrogen (secondary N) is 1. The molecule has 0 spiro atoms. The largest absolute Gasteiger partial charge is 0.433 e. The third kappa shape index (κ3) is 5.01. The Bertz CT molecular complexity index is 951. The molecule has 0 radical (unpaired) electrons. The van der Waals surface area contributed by atoms with Gasteiger partial charge in [0, 0.05) is 29.4 Å². The van der Waals surface area contributed by atoms with Gasteiger partial charge >= 0.3 is 6.18 Å². The molecule has 1 aromatic carbocycles. The maximum absolute atomic E-state index is 13.2. The van der Waals surface area contributed by atoms with Crippen molar-refractivity contribution in [2.75, 3.05) is 11.9 Å². The molecule has 0 saturated carbocycles. The van der Waals surface area contributed by atoms with Crippen LogP contribution < -0.4 is 5.32 Å². The molecule has 0 fully saturated rings. The number of aryl methyl sites for hydroxylation is 3. The highest BCUT2D eigenvalue weighted by atomic mass is 35.5. The van der Waals surface area contributed by atoms with E-state index in [9.17, 15) is 13.2 Å². The molecule has 0 aliphatic rings. The predicted molar refractivity (Wildman–Crippen MR) is 102 cm³/mol. The minimum absolute atomic E-state index is 0.0619. The number of hydrogen-bond acceptors (Lipinski definition) is 4. The van der Waals surface area contributed by atoms with E-state index in [1.54, 1.807) is 24.3 Å². The summed E-state index contributed by atoms with van der Waals surface area (Å²) < 4.78 is 41.6. The summed E-state index contributed by atoms with van der Waals surface area (Å²) in [7, 11) is 0. The van der Waals surface area contributed by atoms with E-state index in [1.807, 2.05) is 24.6 Å². The molecule has 0 bridgehead atoms. The summed E-state index contributed by atoms with van der Waals surface area (Å²) in [5.74, 6) is -0.0619. The third-order valence-corrected chi connectivity index (χ3v) is 4.34. The fourth-order valence-electron chi connectivity index (χ4n) is 2.77. The van der Waals surface area contributed by atoms with E-state index in [0.717, 1.165) is 17.5 Å². The van der Waals surface area contributed by atoms with Crippen LogP contribution in [0.15, 0.2) is 36.4 Å². The van der Waals surface area contributed by atoms with Crippen molar-refractivity contribution in [2.45, 2.75) is 33.0 Å². The van der Waals surface area contributed by atoms with Crippen molar-refractivity contribution in [1.29, 1.82) is 0 Å². The van der Waals surface area contributed by atoms with E-state index >= 15 is 0 Å². The van der Waals surface area contributed by atoms with E-state index in [1.165, 1.54) is 0 Å². The first kappa shape index (κ1) is 20.1. The standard InChI is InChI=1S/C19H19ClF3N5/c1-12-10-13(2)28(27-12)9-3-8-24-18-25-16(11-17(26-18)19(21,22)23)14-4-6-15(20)7-5-14/h4-7,10-11H,3,8-9H2,1-2H3,(H,24,25,26). The number of aromatic nitrogens is 4. The lowest BCUT2D eigenvalue weighted by atomic mass is 10.1. The van der Waals surface area contributed by atoms with Gasteiger partial charge in [0.05, 0.1) is 11.4 Å². The Morgan fingerprint density at radius 3 is 2.39 bits per heavy atom. The van der Waals surface area contributed by atoms with Crippen molar-refractivity contribution >= 4 is 17.5 Å². The van der Waals surface area contributed by atoms with Gasteiger partial charge in [-0.05, 0) is 44.5 Å². The van der Waals surface area contributed by atoms with Gasteiger partial charge in [0.1, 0.15) is 0 Å². The zero-order chi connectivity index (χ0) is 20.3. The Labute approximate surface area is 165 Å². The van der Waals surface area contributed by atoms with Gasteiger partial charge < -0.3 is 5.32 Å². The summed E-state index contributed by atoms with van der Waals surface area (Å²) in [5, 5.41) is 7.74. The molecule has 0 saturated heterocycles. The first-order valence-corrected chi connectivity index (χ1v) is 9.07. The average molecular weight is 410 g/mol. The number of anilines is 1. The van der Waals surface area contributed by atoms with Gasteiger partial charge in [0.25, 0.3) is 0 Å². The molecule has 0 atom stereocenters. The molecule has 9 heteroatoms. The molecule has 0 aliphatic heterocycles. The zero-order valence-electron chi connectivity index (χ0n) is 15.4. The lowest BCUT2D eigenvalue weighted by molar-refractivity contribution is -0.141. The van der Waals surface area contributed by atoms with Crippen LogP contribution in [0.5, 0.6) is 0 Å². The second-order valence-electron chi connectivity index (χ2n) is 6.40. The first-order chi connectivity index (χ1) is 13.2. The van der Waals surface area contributed by atoms with Gasteiger partial charge in [0.2, 0.25) is 5.95 Å². The second-order valence-corrected chi connectivity index (χ2v) is 6.83. The van der Waals surface area contributed by atoms with Gasteiger partial charge in [-0.2, -0.15) is 18.3 Å². The maximum Gasteiger partial charge on any atom is 0.433 e. The summed E-state index contributed by atoms with van der Waals surface area (Å²) in [6, 6.07) is 9.36. The second kappa shape index (κ2) is 8.18. The van der Waals surface area contributed by atoms with E-state index in [2.05, 4.69) is 20.4 Å². The smallest absolute Gasteiger partial charge is 0.354 e. The molecule has 0 aliphatic carbocycles. The summed E-state index contributed by atoms with van der Waals surface area (Å²) in [5.41, 5.74) is 1.69. The van der Waals surface area contributed by atoms with Crippen molar-refractivity contribution in [1.82, 2.24) is 19.7 Å². The Balaban J connectivity index is 1.75. The van der Waals surface area contributed by atoms with Crippen molar-refractivity contribution in [3.63, 3.8) is 0 Å². The minimum Gasteiger partial charge on any atom is -0.354 e. The van der Waals surface area contributed by atoms with E-state index in [4.69, 9.17) is 11.6 Å². The van der Waals surface area contributed by atoms with Gasteiger partial charge in [-0.25, -0.2) is 9.97 Å². The lowest BCUT2D eigenvalue weighted by Gasteiger charge is -2.12.